The Morgan fingerprint density at radius 1 is 1.17 bits per heavy atom. The Balaban J connectivity index is 1.77. The molecule has 0 radical (unpaired) electrons. The third kappa shape index (κ3) is 4.72. The fourth-order valence-corrected chi connectivity index (χ4v) is 4.45. The SMILES string of the molecule is CCOc1ccc(C2C(C(=O)c3cc4cc(Cl)cc(OC)c4o3)=C(O)C(=O)N2CCCOC)cc1. The Bertz CT molecular complexity index is 1280. The van der Waals surface area contributed by atoms with Crippen molar-refractivity contribution in [2.24, 2.45) is 0 Å². The molecule has 8 nitrogen and oxygen atoms in total. The van der Waals surface area contributed by atoms with Crippen LogP contribution < -0.4 is 9.47 Å². The lowest BCUT2D eigenvalue weighted by molar-refractivity contribution is -0.129. The van der Waals surface area contributed by atoms with Crippen molar-refractivity contribution in [3.8, 4) is 11.5 Å². The third-order valence-electron chi connectivity index (χ3n) is 5.79. The highest BCUT2D eigenvalue weighted by molar-refractivity contribution is 6.31. The number of Topliss-reactive ketones (excluding diaryl/α,β-unsaturated/α-hetero) is 1. The molecule has 0 saturated heterocycles. The fraction of sp³-hybridized carbons (Fsp3) is 0.308. The number of hydrogen-bond acceptors (Lipinski definition) is 7. The number of fused-ring (bicyclic) bond motifs is 1. The zero-order valence-electron chi connectivity index (χ0n) is 19.7. The lowest BCUT2D eigenvalue weighted by Gasteiger charge is -2.26. The molecule has 1 N–H and O–H groups in total. The summed E-state index contributed by atoms with van der Waals surface area (Å²) in [5, 5.41) is 11.8. The molecule has 0 fully saturated rings. The number of carbonyl (C=O) groups excluding carboxylic acids is 2. The number of aliphatic hydroxyl groups is 1. The first-order chi connectivity index (χ1) is 16.9. The maximum atomic E-state index is 13.7. The van der Waals surface area contributed by atoms with Crippen molar-refractivity contribution in [3.05, 3.63) is 70.1 Å². The summed E-state index contributed by atoms with van der Waals surface area (Å²) >= 11 is 6.15. The predicted octanol–water partition coefficient (Wildman–Crippen LogP) is 5.11. The molecule has 35 heavy (non-hydrogen) atoms. The molecule has 0 saturated carbocycles. The first-order valence-corrected chi connectivity index (χ1v) is 11.5. The summed E-state index contributed by atoms with van der Waals surface area (Å²) in [6.07, 6.45) is 0.533. The van der Waals surface area contributed by atoms with Gasteiger partial charge in [-0.15, -0.1) is 0 Å². The Hall–Kier alpha value is -3.49. The molecule has 0 spiro atoms. The van der Waals surface area contributed by atoms with Crippen LogP contribution in [0, 0.1) is 0 Å². The van der Waals surface area contributed by atoms with E-state index in [1.807, 2.05) is 6.92 Å². The molecule has 0 aliphatic carbocycles. The molecule has 3 aromatic rings. The van der Waals surface area contributed by atoms with Crippen molar-refractivity contribution >= 4 is 34.3 Å². The van der Waals surface area contributed by atoms with Crippen molar-refractivity contribution in [2.75, 3.05) is 34.0 Å². The molecule has 2 heterocycles. The zero-order valence-corrected chi connectivity index (χ0v) is 20.4. The standard InChI is InChI=1S/C26H26ClNO7/c1-4-34-18-8-6-15(7-9-18)22-21(24(30)26(31)28(22)10-5-11-32-2)23(29)19-13-16-12-17(27)14-20(33-3)25(16)35-19/h6-9,12-14,22,30H,4-5,10-11H2,1-3H3. The van der Waals surface area contributed by atoms with Gasteiger partial charge in [0, 0.05) is 36.7 Å². The third-order valence-corrected chi connectivity index (χ3v) is 6.01. The van der Waals surface area contributed by atoms with Crippen molar-refractivity contribution in [2.45, 2.75) is 19.4 Å². The van der Waals surface area contributed by atoms with Gasteiger partial charge in [-0.05, 0) is 43.2 Å². The van der Waals surface area contributed by atoms with E-state index < -0.39 is 23.5 Å². The number of amides is 1. The summed E-state index contributed by atoms with van der Waals surface area (Å²) < 4.78 is 21.8. The fourth-order valence-electron chi connectivity index (χ4n) is 4.24. The number of benzene rings is 2. The molecule has 184 valence electrons. The molecule has 1 aliphatic heterocycles. The predicted molar refractivity (Wildman–Crippen MR) is 130 cm³/mol. The van der Waals surface area contributed by atoms with E-state index in [4.69, 9.17) is 30.2 Å². The van der Waals surface area contributed by atoms with Gasteiger partial charge in [-0.3, -0.25) is 9.59 Å². The van der Waals surface area contributed by atoms with Crippen molar-refractivity contribution < 1.29 is 33.3 Å². The van der Waals surface area contributed by atoms with E-state index in [-0.39, 0.29) is 17.9 Å². The van der Waals surface area contributed by atoms with Crippen LogP contribution in [0.5, 0.6) is 11.5 Å². The molecule has 1 amide bonds. The number of nitrogens with zero attached hydrogens (tertiary/aromatic N) is 1. The molecular weight excluding hydrogens is 474 g/mol. The minimum Gasteiger partial charge on any atom is -0.503 e. The van der Waals surface area contributed by atoms with Crippen LogP contribution in [0.4, 0.5) is 0 Å². The van der Waals surface area contributed by atoms with Gasteiger partial charge in [0.2, 0.25) is 5.78 Å². The second-order valence-corrected chi connectivity index (χ2v) is 8.41. The number of ether oxygens (including phenoxy) is 3. The molecule has 1 aromatic heterocycles. The highest BCUT2D eigenvalue weighted by Crippen LogP contribution is 2.41. The number of carbonyl (C=O) groups is 2. The largest absolute Gasteiger partial charge is 0.503 e. The number of hydrogen-bond donors (Lipinski definition) is 1. The highest BCUT2D eigenvalue weighted by atomic mass is 35.5. The van der Waals surface area contributed by atoms with Gasteiger partial charge in [0.25, 0.3) is 5.91 Å². The molecular formula is C26H26ClNO7. The normalized spacial score (nSPS) is 15.8. The second-order valence-electron chi connectivity index (χ2n) is 7.98. The number of halogens is 1. The van der Waals surface area contributed by atoms with E-state index in [2.05, 4.69) is 0 Å². The molecule has 1 atom stereocenters. The van der Waals surface area contributed by atoms with Crippen LogP contribution in [0.15, 0.2) is 58.2 Å². The molecule has 0 bridgehead atoms. The monoisotopic (exact) mass is 499 g/mol. The van der Waals surface area contributed by atoms with Gasteiger partial charge in [-0.2, -0.15) is 0 Å². The molecule has 4 rings (SSSR count). The van der Waals surface area contributed by atoms with Crippen LogP contribution in [0.25, 0.3) is 11.0 Å². The van der Waals surface area contributed by atoms with Crippen molar-refractivity contribution in [1.29, 1.82) is 0 Å². The van der Waals surface area contributed by atoms with Crippen LogP contribution in [0.1, 0.15) is 35.5 Å². The van der Waals surface area contributed by atoms with E-state index >= 15 is 0 Å². The number of furan rings is 1. The van der Waals surface area contributed by atoms with E-state index in [0.717, 1.165) is 0 Å². The van der Waals surface area contributed by atoms with Crippen LogP contribution in [-0.2, 0) is 9.53 Å². The van der Waals surface area contributed by atoms with Gasteiger partial charge in [0.05, 0.1) is 25.3 Å². The van der Waals surface area contributed by atoms with Crippen LogP contribution in [0.2, 0.25) is 5.02 Å². The van der Waals surface area contributed by atoms with Crippen LogP contribution in [-0.4, -0.2) is 55.7 Å². The Kier molecular flexibility index (Phi) is 7.33. The van der Waals surface area contributed by atoms with Gasteiger partial charge in [0.1, 0.15) is 5.75 Å². The minimum absolute atomic E-state index is 0.0374. The Morgan fingerprint density at radius 2 is 1.91 bits per heavy atom. The lowest BCUT2D eigenvalue weighted by atomic mass is 9.95. The van der Waals surface area contributed by atoms with Gasteiger partial charge in [-0.1, -0.05) is 23.7 Å². The highest BCUT2D eigenvalue weighted by Gasteiger charge is 2.44. The number of aliphatic hydroxyl groups excluding tert-OH is 1. The first kappa shape index (κ1) is 24.6. The average molecular weight is 500 g/mol. The summed E-state index contributed by atoms with van der Waals surface area (Å²) in [6.45, 7) is 3.10. The zero-order chi connectivity index (χ0) is 25.1. The summed E-state index contributed by atoms with van der Waals surface area (Å²) in [4.78, 5) is 28.2. The first-order valence-electron chi connectivity index (χ1n) is 11.2. The van der Waals surface area contributed by atoms with E-state index in [1.54, 1.807) is 43.5 Å². The number of ketones is 1. The van der Waals surface area contributed by atoms with E-state index in [1.165, 1.54) is 18.1 Å². The van der Waals surface area contributed by atoms with Gasteiger partial charge < -0.3 is 28.6 Å². The number of rotatable bonds is 10. The summed E-state index contributed by atoms with van der Waals surface area (Å²) in [5.41, 5.74) is 0.947. The van der Waals surface area contributed by atoms with Crippen LogP contribution in [0.3, 0.4) is 0 Å². The molecule has 1 unspecified atom stereocenters. The molecule has 1 aliphatic rings. The van der Waals surface area contributed by atoms with Crippen molar-refractivity contribution in [3.63, 3.8) is 0 Å². The minimum atomic E-state index is -0.804. The van der Waals surface area contributed by atoms with Crippen molar-refractivity contribution in [1.82, 2.24) is 4.90 Å². The Labute approximate surface area is 207 Å². The van der Waals surface area contributed by atoms with Gasteiger partial charge in [-0.25, -0.2) is 0 Å². The average Bonchev–Trinajstić information content (AvgIpc) is 3.38. The summed E-state index contributed by atoms with van der Waals surface area (Å²) in [7, 11) is 3.04. The van der Waals surface area contributed by atoms with Gasteiger partial charge >= 0.3 is 0 Å². The summed E-state index contributed by atoms with van der Waals surface area (Å²) in [5.74, 6) is -0.829. The maximum Gasteiger partial charge on any atom is 0.290 e. The maximum absolute atomic E-state index is 13.7. The van der Waals surface area contributed by atoms with E-state index in [0.29, 0.717) is 52.7 Å². The Morgan fingerprint density at radius 3 is 2.57 bits per heavy atom. The number of methoxy groups -OCH3 is 2. The van der Waals surface area contributed by atoms with Crippen LogP contribution >= 0.6 is 11.6 Å². The molecule has 9 heteroatoms. The second kappa shape index (κ2) is 10.4. The quantitative estimate of drug-likeness (QED) is 0.306. The van der Waals surface area contributed by atoms with E-state index in [9.17, 15) is 14.7 Å². The smallest absolute Gasteiger partial charge is 0.290 e. The summed E-state index contributed by atoms with van der Waals surface area (Å²) in [6, 6.07) is 11.0. The molecule has 2 aromatic carbocycles. The van der Waals surface area contributed by atoms with Gasteiger partial charge in [0.15, 0.2) is 22.9 Å². The topological polar surface area (TPSA) is 98.4 Å². The lowest BCUT2D eigenvalue weighted by Crippen LogP contribution is -2.32.